The molecule has 0 N–H and O–H groups in total. The van der Waals surface area contributed by atoms with E-state index in [-0.39, 0.29) is 5.00 Å². The average molecular weight is 169 g/mol. The molecule has 0 aliphatic rings. The number of rotatable bonds is 3. The fourth-order valence-corrected chi connectivity index (χ4v) is 1.76. The van der Waals surface area contributed by atoms with E-state index in [1.807, 2.05) is 13.5 Å². The molecule has 1 atom stereocenters. The third-order valence-electron chi connectivity index (χ3n) is 1.53. The van der Waals surface area contributed by atoms with Gasteiger partial charge in [-0.05, 0) is 13.5 Å². The lowest BCUT2D eigenvalue weighted by Gasteiger charge is -2.24. The fourth-order valence-electron chi connectivity index (χ4n) is 0.408. The van der Waals surface area contributed by atoms with E-state index < -0.39 is 8.56 Å². The van der Waals surface area contributed by atoms with Crippen molar-refractivity contribution < 1.29 is 8.85 Å². The van der Waals surface area contributed by atoms with E-state index in [4.69, 9.17) is 20.5 Å². The normalized spacial score (nSPS) is 15.7. The van der Waals surface area contributed by atoms with Crippen LogP contribution < -0.4 is 0 Å². The second kappa shape index (κ2) is 3.56. The molecule has 0 amide bonds. The van der Waals surface area contributed by atoms with Crippen LogP contribution >= 0.6 is 11.6 Å². The largest absolute Gasteiger partial charge is 0.397 e. The monoisotopic (exact) mass is 168 g/mol. The molecule has 0 aromatic heterocycles. The molecule has 0 rings (SSSR count). The van der Waals surface area contributed by atoms with Crippen LogP contribution in [0.2, 0.25) is 6.55 Å². The summed E-state index contributed by atoms with van der Waals surface area (Å²) < 4.78 is 10.3. The summed E-state index contributed by atoms with van der Waals surface area (Å²) in [5.41, 5.74) is 0. The van der Waals surface area contributed by atoms with Crippen LogP contribution in [0.15, 0.2) is 0 Å². The SMILES string of the molecule is CO[Si](C)(OC)C(C)Cl. The van der Waals surface area contributed by atoms with Gasteiger partial charge in [-0.25, -0.2) is 0 Å². The summed E-state index contributed by atoms with van der Waals surface area (Å²) in [7, 11) is 1.26. The Balaban J connectivity index is 3.92. The smallest absolute Gasteiger partial charge is 0.352 e. The lowest BCUT2D eigenvalue weighted by molar-refractivity contribution is 0.248. The second-order valence-corrected chi connectivity index (χ2v) is 6.78. The van der Waals surface area contributed by atoms with Crippen molar-refractivity contribution in [2.45, 2.75) is 18.5 Å². The molecule has 0 aromatic carbocycles. The van der Waals surface area contributed by atoms with Gasteiger partial charge in [0, 0.05) is 14.2 Å². The molecule has 0 spiro atoms. The predicted octanol–water partition coefficient (Wildman–Crippen LogP) is 1.52. The van der Waals surface area contributed by atoms with Crippen LogP contribution in [0.5, 0.6) is 0 Å². The van der Waals surface area contributed by atoms with E-state index in [2.05, 4.69) is 0 Å². The van der Waals surface area contributed by atoms with E-state index in [9.17, 15) is 0 Å². The Kier molecular flexibility index (Phi) is 3.73. The molecule has 0 bridgehead atoms. The molecule has 9 heavy (non-hydrogen) atoms. The van der Waals surface area contributed by atoms with Gasteiger partial charge in [0.1, 0.15) is 0 Å². The number of alkyl halides is 1. The molecular formula is C5H13ClO2Si. The summed E-state index contributed by atoms with van der Waals surface area (Å²) >= 11 is 5.80. The molecule has 0 saturated carbocycles. The first-order valence-corrected chi connectivity index (χ1v) is 5.64. The van der Waals surface area contributed by atoms with Gasteiger partial charge < -0.3 is 8.85 Å². The van der Waals surface area contributed by atoms with Crippen molar-refractivity contribution >= 4 is 20.2 Å². The van der Waals surface area contributed by atoms with Crippen LogP contribution in [-0.4, -0.2) is 27.8 Å². The highest BCUT2D eigenvalue weighted by atomic mass is 35.5. The highest BCUT2D eigenvalue weighted by Gasteiger charge is 2.34. The van der Waals surface area contributed by atoms with Gasteiger partial charge in [-0.1, -0.05) is 0 Å². The summed E-state index contributed by atoms with van der Waals surface area (Å²) in [5, 5.41) is -0.00694. The number of halogens is 1. The van der Waals surface area contributed by atoms with Crippen molar-refractivity contribution in [1.82, 2.24) is 0 Å². The molecule has 0 fully saturated rings. The van der Waals surface area contributed by atoms with Crippen LogP contribution in [-0.2, 0) is 8.85 Å². The highest BCUT2D eigenvalue weighted by Crippen LogP contribution is 2.14. The van der Waals surface area contributed by atoms with Crippen LogP contribution in [0, 0.1) is 0 Å². The molecule has 56 valence electrons. The zero-order valence-electron chi connectivity index (χ0n) is 6.27. The molecule has 2 nitrogen and oxygen atoms in total. The van der Waals surface area contributed by atoms with E-state index in [0.717, 1.165) is 0 Å². The maximum Gasteiger partial charge on any atom is 0.352 e. The van der Waals surface area contributed by atoms with E-state index in [0.29, 0.717) is 0 Å². The zero-order chi connectivity index (χ0) is 7.49. The van der Waals surface area contributed by atoms with Crippen molar-refractivity contribution in [3.8, 4) is 0 Å². The van der Waals surface area contributed by atoms with E-state index >= 15 is 0 Å². The minimum absolute atomic E-state index is 0.00694. The maximum absolute atomic E-state index is 5.80. The fraction of sp³-hybridized carbons (Fsp3) is 1.00. The standard InChI is InChI=1S/C5H13ClO2Si/c1-5(6)9(4,7-2)8-3/h5H,1-4H3. The third kappa shape index (κ3) is 2.25. The molecule has 0 saturated heterocycles. The van der Waals surface area contributed by atoms with Crippen LogP contribution in [0.1, 0.15) is 6.92 Å². The van der Waals surface area contributed by atoms with Gasteiger partial charge in [0.15, 0.2) is 0 Å². The number of hydrogen-bond donors (Lipinski definition) is 0. The van der Waals surface area contributed by atoms with E-state index in [1.165, 1.54) is 0 Å². The number of hydrogen-bond acceptors (Lipinski definition) is 2. The van der Waals surface area contributed by atoms with Crippen LogP contribution in [0.4, 0.5) is 0 Å². The highest BCUT2D eigenvalue weighted by molar-refractivity contribution is 6.75. The van der Waals surface area contributed by atoms with Crippen molar-refractivity contribution in [3.05, 3.63) is 0 Å². The maximum atomic E-state index is 5.80. The van der Waals surface area contributed by atoms with Crippen molar-refractivity contribution in [1.29, 1.82) is 0 Å². The Morgan fingerprint density at radius 2 is 1.67 bits per heavy atom. The topological polar surface area (TPSA) is 18.5 Å². The summed E-state index contributed by atoms with van der Waals surface area (Å²) in [6.07, 6.45) is 0. The van der Waals surface area contributed by atoms with E-state index in [1.54, 1.807) is 14.2 Å². The molecular weight excluding hydrogens is 156 g/mol. The average Bonchev–Trinajstić information content (AvgIpc) is 1.86. The molecule has 4 heteroatoms. The predicted molar refractivity (Wildman–Crippen MR) is 41.0 cm³/mol. The summed E-state index contributed by atoms with van der Waals surface area (Å²) in [4.78, 5) is 0. The van der Waals surface area contributed by atoms with Gasteiger partial charge in [0.25, 0.3) is 0 Å². The van der Waals surface area contributed by atoms with Gasteiger partial charge in [-0.15, -0.1) is 11.6 Å². The van der Waals surface area contributed by atoms with Crippen molar-refractivity contribution in [2.24, 2.45) is 0 Å². The Labute approximate surface area is 62.4 Å². The molecule has 0 radical (unpaired) electrons. The summed E-state index contributed by atoms with van der Waals surface area (Å²) in [6.45, 7) is 3.82. The van der Waals surface area contributed by atoms with Crippen molar-refractivity contribution in [2.75, 3.05) is 14.2 Å². The van der Waals surface area contributed by atoms with Gasteiger partial charge >= 0.3 is 8.56 Å². The Hall–Kier alpha value is 0.427. The van der Waals surface area contributed by atoms with Gasteiger partial charge in [0.05, 0.1) is 5.00 Å². The Morgan fingerprint density at radius 1 is 1.33 bits per heavy atom. The first kappa shape index (κ1) is 9.43. The first-order chi connectivity index (χ1) is 4.06. The zero-order valence-corrected chi connectivity index (χ0v) is 8.03. The molecule has 0 aliphatic carbocycles. The van der Waals surface area contributed by atoms with Gasteiger partial charge in [0.2, 0.25) is 0 Å². The van der Waals surface area contributed by atoms with Crippen LogP contribution in [0.3, 0.4) is 0 Å². The summed E-state index contributed by atoms with van der Waals surface area (Å²) in [6, 6.07) is 0. The quantitative estimate of drug-likeness (QED) is 0.470. The third-order valence-corrected chi connectivity index (χ3v) is 5.79. The Bertz CT molecular complexity index is 83.0. The van der Waals surface area contributed by atoms with Crippen LogP contribution in [0.25, 0.3) is 0 Å². The Morgan fingerprint density at radius 3 is 1.67 bits per heavy atom. The molecule has 1 unspecified atom stereocenters. The lowest BCUT2D eigenvalue weighted by atomic mass is 11.0. The lowest BCUT2D eigenvalue weighted by Crippen LogP contribution is -2.44. The first-order valence-electron chi connectivity index (χ1n) is 2.81. The van der Waals surface area contributed by atoms with Gasteiger partial charge in [-0.3, -0.25) is 0 Å². The molecule has 0 heterocycles. The molecule has 0 aliphatic heterocycles. The minimum atomic E-state index is -2.01. The summed E-state index contributed by atoms with van der Waals surface area (Å²) in [5.74, 6) is 0. The molecule has 0 aromatic rings. The van der Waals surface area contributed by atoms with Crippen molar-refractivity contribution in [3.63, 3.8) is 0 Å². The van der Waals surface area contributed by atoms with Gasteiger partial charge in [-0.2, -0.15) is 0 Å². The second-order valence-electron chi connectivity index (χ2n) is 2.04. The minimum Gasteiger partial charge on any atom is -0.397 e.